The number of carbonyl (C=O) groups is 4. The normalized spacial score (nSPS) is 17.3. The average molecular weight is 517 g/mol. The predicted molar refractivity (Wildman–Crippen MR) is 131 cm³/mol. The van der Waals surface area contributed by atoms with Crippen molar-refractivity contribution in [3.63, 3.8) is 0 Å². The summed E-state index contributed by atoms with van der Waals surface area (Å²) >= 11 is 6.46. The molecule has 2 aromatic rings. The van der Waals surface area contributed by atoms with Crippen LogP contribution in [0.3, 0.4) is 0 Å². The Morgan fingerprint density at radius 2 is 1.83 bits per heavy atom. The minimum Gasteiger partial charge on any atom is -0.465 e. The second-order valence-corrected chi connectivity index (χ2v) is 9.05. The molecule has 2 amide bonds. The summed E-state index contributed by atoms with van der Waals surface area (Å²) in [7, 11) is 3.05. The van der Waals surface area contributed by atoms with E-state index < -0.39 is 17.6 Å². The Hall–Kier alpha value is -3.46. The molecule has 0 radical (unpaired) electrons. The van der Waals surface area contributed by atoms with Crippen LogP contribution < -0.4 is 4.57 Å². The molecular formula is C26H31ClN3O6+. The minimum absolute atomic E-state index is 0.0776. The Balaban J connectivity index is 1.73. The molecule has 0 N–H and O–H groups in total. The fourth-order valence-electron chi connectivity index (χ4n) is 4.43. The lowest BCUT2D eigenvalue weighted by molar-refractivity contribution is -0.727. The molecule has 0 bridgehead atoms. The van der Waals surface area contributed by atoms with Crippen LogP contribution in [0.2, 0.25) is 5.02 Å². The highest BCUT2D eigenvalue weighted by Crippen LogP contribution is 2.42. The van der Waals surface area contributed by atoms with Crippen LogP contribution in [-0.2, 0) is 31.3 Å². The van der Waals surface area contributed by atoms with Gasteiger partial charge in [-0.2, -0.15) is 4.57 Å². The van der Waals surface area contributed by atoms with E-state index in [1.165, 1.54) is 27.6 Å². The van der Waals surface area contributed by atoms with Gasteiger partial charge >= 0.3 is 12.1 Å². The van der Waals surface area contributed by atoms with E-state index in [0.717, 1.165) is 12.8 Å². The number of likely N-dealkylation sites (N-methyl/N-ethyl adjacent to an activating group) is 2. The molecule has 1 saturated carbocycles. The van der Waals surface area contributed by atoms with Crippen LogP contribution >= 0.6 is 11.6 Å². The summed E-state index contributed by atoms with van der Waals surface area (Å²) in [5.41, 5.74) is -0.309. The molecule has 9 nitrogen and oxygen atoms in total. The number of rotatable bonds is 8. The number of nitrogens with zero attached hydrogens (tertiary/aromatic N) is 3. The summed E-state index contributed by atoms with van der Waals surface area (Å²) in [6, 6.07) is 10.3. The molecular weight excluding hydrogens is 486 g/mol. The van der Waals surface area contributed by atoms with Crippen LogP contribution in [-0.4, -0.2) is 60.8 Å². The maximum absolute atomic E-state index is 13.2. The van der Waals surface area contributed by atoms with Crippen molar-refractivity contribution in [2.24, 2.45) is 0 Å². The third-order valence-electron chi connectivity index (χ3n) is 6.28. The number of pyridine rings is 1. The van der Waals surface area contributed by atoms with Gasteiger partial charge in [-0.1, -0.05) is 29.8 Å². The van der Waals surface area contributed by atoms with Crippen molar-refractivity contribution in [3.8, 4) is 0 Å². The molecule has 1 heterocycles. The molecule has 10 heteroatoms. The molecule has 1 aliphatic rings. The van der Waals surface area contributed by atoms with Crippen molar-refractivity contribution >= 4 is 35.4 Å². The molecule has 1 aliphatic carbocycles. The average Bonchev–Trinajstić information content (AvgIpc) is 2.87. The standard InChI is InChI=1S/C26H31ClN3O6/c1-4-35-23(32)17-28(2)24(33)19-10-9-15-30(16-19)18-36-25(34)29(3)26(14-8-7-13-22(26)31)20-11-5-6-12-21(20)27/h5-6,9-12,15-16H,4,7-8,13-14,17-18H2,1-3H3/q+1. The first-order valence-electron chi connectivity index (χ1n) is 11.8. The quantitative estimate of drug-likeness (QED) is 0.394. The lowest BCUT2D eigenvalue weighted by atomic mass is 9.74. The zero-order chi connectivity index (χ0) is 26.3. The number of carbonyl (C=O) groups excluding carboxylic acids is 4. The van der Waals surface area contributed by atoms with Gasteiger partial charge in [-0.15, -0.1) is 0 Å². The number of esters is 1. The summed E-state index contributed by atoms with van der Waals surface area (Å²) in [5.74, 6) is -0.962. The van der Waals surface area contributed by atoms with Gasteiger partial charge in [0.05, 0.1) is 6.61 Å². The molecule has 3 rings (SSSR count). The predicted octanol–water partition coefficient (Wildman–Crippen LogP) is 3.33. The number of aromatic nitrogens is 1. The highest BCUT2D eigenvalue weighted by atomic mass is 35.5. The van der Waals surface area contributed by atoms with Crippen molar-refractivity contribution < 1.29 is 33.2 Å². The van der Waals surface area contributed by atoms with Gasteiger partial charge in [-0.05, 0) is 38.3 Å². The Labute approximate surface area is 215 Å². The molecule has 1 atom stereocenters. The van der Waals surface area contributed by atoms with Gasteiger partial charge in [0.15, 0.2) is 18.2 Å². The highest BCUT2D eigenvalue weighted by Gasteiger charge is 2.48. The summed E-state index contributed by atoms with van der Waals surface area (Å²) in [6.07, 6.45) is 4.81. The first kappa shape index (κ1) is 27.1. The first-order valence-corrected chi connectivity index (χ1v) is 12.2. The van der Waals surface area contributed by atoms with Gasteiger partial charge in [0.1, 0.15) is 17.6 Å². The molecule has 1 aromatic heterocycles. The van der Waals surface area contributed by atoms with E-state index in [4.69, 9.17) is 21.1 Å². The van der Waals surface area contributed by atoms with Crippen LogP contribution in [0.5, 0.6) is 0 Å². The van der Waals surface area contributed by atoms with Crippen LogP contribution in [0, 0.1) is 0 Å². The Morgan fingerprint density at radius 1 is 1.08 bits per heavy atom. The van der Waals surface area contributed by atoms with E-state index in [-0.39, 0.29) is 31.6 Å². The third-order valence-corrected chi connectivity index (χ3v) is 6.61. The number of benzene rings is 1. The van der Waals surface area contributed by atoms with Gasteiger partial charge < -0.3 is 14.4 Å². The molecule has 1 fully saturated rings. The maximum Gasteiger partial charge on any atom is 0.415 e. The SMILES string of the molecule is CCOC(=O)CN(C)C(=O)c1ccc[n+](COC(=O)N(C)C2(c3ccccc3Cl)CCCCC2=O)c1. The zero-order valence-electron chi connectivity index (χ0n) is 20.7. The molecule has 0 saturated heterocycles. The summed E-state index contributed by atoms with van der Waals surface area (Å²) in [4.78, 5) is 53.3. The van der Waals surface area contributed by atoms with E-state index in [9.17, 15) is 19.2 Å². The Kier molecular flexibility index (Phi) is 9.03. The van der Waals surface area contributed by atoms with Gasteiger partial charge in [-0.25, -0.2) is 4.79 Å². The van der Waals surface area contributed by atoms with Gasteiger partial charge in [0.2, 0.25) is 0 Å². The number of ether oxygens (including phenoxy) is 2. The number of amides is 2. The van der Waals surface area contributed by atoms with E-state index in [1.807, 2.05) is 0 Å². The molecule has 1 aromatic carbocycles. The monoisotopic (exact) mass is 516 g/mol. The number of hydrogen-bond acceptors (Lipinski definition) is 6. The summed E-state index contributed by atoms with van der Waals surface area (Å²) in [5, 5.41) is 0.417. The number of hydrogen-bond donors (Lipinski definition) is 0. The fraction of sp³-hybridized carbons (Fsp3) is 0.423. The van der Waals surface area contributed by atoms with Crippen LogP contribution in [0.4, 0.5) is 4.79 Å². The molecule has 36 heavy (non-hydrogen) atoms. The Bertz CT molecular complexity index is 1140. The molecule has 192 valence electrons. The van der Waals surface area contributed by atoms with E-state index in [2.05, 4.69) is 0 Å². The minimum atomic E-state index is -1.20. The summed E-state index contributed by atoms with van der Waals surface area (Å²) in [6.45, 7) is 1.56. The lowest BCUT2D eigenvalue weighted by Crippen LogP contribution is -2.55. The van der Waals surface area contributed by atoms with E-state index in [0.29, 0.717) is 29.0 Å². The number of ketones is 1. The smallest absolute Gasteiger partial charge is 0.415 e. The van der Waals surface area contributed by atoms with Gasteiger partial charge in [0, 0.05) is 37.2 Å². The largest absolute Gasteiger partial charge is 0.465 e. The van der Waals surface area contributed by atoms with Crippen molar-refractivity contribution in [1.82, 2.24) is 9.80 Å². The van der Waals surface area contributed by atoms with Gasteiger partial charge in [-0.3, -0.25) is 19.3 Å². The number of Topliss-reactive ketones (excluding diaryl/α,β-unsaturated/α-hetero) is 1. The van der Waals surface area contributed by atoms with E-state index in [1.54, 1.807) is 56.6 Å². The first-order chi connectivity index (χ1) is 17.2. The summed E-state index contributed by atoms with van der Waals surface area (Å²) < 4.78 is 11.9. The molecule has 1 unspecified atom stereocenters. The van der Waals surface area contributed by atoms with Crippen molar-refractivity contribution in [3.05, 3.63) is 64.9 Å². The molecule has 0 spiro atoms. The van der Waals surface area contributed by atoms with Crippen molar-refractivity contribution in [1.29, 1.82) is 0 Å². The second kappa shape index (κ2) is 12.0. The van der Waals surface area contributed by atoms with Crippen molar-refractivity contribution in [2.75, 3.05) is 27.2 Å². The van der Waals surface area contributed by atoms with Crippen LogP contribution in [0.15, 0.2) is 48.8 Å². The molecule has 0 aliphatic heterocycles. The second-order valence-electron chi connectivity index (χ2n) is 8.64. The van der Waals surface area contributed by atoms with Crippen LogP contribution in [0.1, 0.15) is 48.5 Å². The number of halogens is 1. The Morgan fingerprint density at radius 3 is 2.53 bits per heavy atom. The highest BCUT2D eigenvalue weighted by molar-refractivity contribution is 6.31. The van der Waals surface area contributed by atoms with Crippen LogP contribution in [0.25, 0.3) is 0 Å². The topological polar surface area (TPSA) is 97.1 Å². The third kappa shape index (κ3) is 5.84. The van der Waals surface area contributed by atoms with E-state index >= 15 is 0 Å². The van der Waals surface area contributed by atoms with Crippen molar-refractivity contribution in [2.45, 2.75) is 44.9 Å². The fourth-order valence-corrected chi connectivity index (χ4v) is 4.73. The van der Waals surface area contributed by atoms with Gasteiger partial charge in [0.25, 0.3) is 12.6 Å². The lowest BCUT2D eigenvalue weighted by Gasteiger charge is -2.43. The maximum atomic E-state index is 13.2. The zero-order valence-corrected chi connectivity index (χ0v) is 21.5.